The average Bonchev–Trinajstić information content (AvgIpc) is 2.29. The summed E-state index contributed by atoms with van der Waals surface area (Å²) in [5, 5.41) is 4.77. The van der Waals surface area contributed by atoms with Crippen molar-refractivity contribution in [3.8, 4) is 0 Å². The first-order valence-electron chi connectivity index (χ1n) is 3.70. The van der Waals surface area contributed by atoms with Gasteiger partial charge in [0.15, 0.2) is 0 Å². The Balaban J connectivity index is 2.98. The molecule has 2 rings (SSSR count). The van der Waals surface area contributed by atoms with Crippen LogP contribution >= 0.6 is 0 Å². The van der Waals surface area contributed by atoms with Crippen LogP contribution in [0.3, 0.4) is 0 Å². The van der Waals surface area contributed by atoms with Gasteiger partial charge < -0.3 is 4.98 Å². The van der Waals surface area contributed by atoms with Crippen molar-refractivity contribution in [3.05, 3.63) is 28.3 Å². The van der Waals surface area contributed by atoms with Crippen LogP contribution in [-0.2, 0) is 7.05 Å². The van der Waals surface area contributed by atoms with E-state index >= 15 is 0 Å². The molecule has 4 heteroatoms. The zero-order chi connectivity index (χ0) is 8.72. The number of nitrogens with zero attached hydrogens (tertiary/aromatic N) is 2. The molecule has 0 unspecified atom stereocenters. The lowest BCUT2D eigenvalue weighted by atomic mass is 10.3. The molecule has 0 radical (unpaired) electrons. The van der Waals surface area contributed by atoms with Gasteiger partial charge in [0.25, 0.3) is 5.56 Å². The molecule has 62 valence electrons. The number of rotatable bonds is 0. The summed E-state index contributed by atoms with van der Waals surface area (Å²) >= 11 is 0. The lowest BCUT2D eigenvalue weighted by molar-refractivity contribution is 0.779. The van der Waals surface area contributed by atoms with Crippen LogP contribution in [0.15, 0.2) is 17.1 Å². The van der Waals surface area contributed by atoms with E-state index in [9.17, 15) is 4.79 Å². The molecule has 0 saturated carbocycles. The molecule has 2 heterocycles. The molecule has 0 aliphatic heterocycles. The first-order chi connectivity index (χ1) is 5.66. The predicted molar refractivity (Wildman–Crippen MR) is 46.1 cm³/mol. The highest BCUT2D eigenvalue weighted by Crippen LogP contribution is 2.05. The molecule has 2 aromatic rings. The third-order valence-electron chi connectivity index (χ3n) is 1.77. The van der Waals surface area contributed by atoms with E-state index < -0.39 is 0 Å². The highest BCUT2D eigenvalue weighted by atomic mass is 16.1. The zero-order valence-electron chi connectivity index (χ0n) is 6.96. The zero-order valence-corrected chi connectivity index (χ0v) is 6.96. The Labute approximate surface area is 68.8 Å². The van der Waals surface area contributed by atoms with Crippen molar-refractivity contribution in [2.45, 2.75) is 6.92 Å². The highest BCUT2D eigenvalue weighted by Gasteiger charge is 2.02. The number of aryl methyl sites for hydroxylation is 2. The van der Waals surface area contributed by atoms with E-state index in [-0.39, 0.29) is 5.56 Å². The van der Waals surface area contributed by atoms with Gasteiger partial charge in [0.2, 0.25) is 0 Å². The van der Waals surface area contributed by atoms with Gasteiger partial charge in [-0.2, -0.15) is 5.10 Å². The maximum Gasteiger partial charge on any atom is 0.259 e. The maximum atomic E-state index is 11.3. The number of H-pyrrole nitrogens is 1. The Bertz CT molecular complexity index is 480. The number of fused-ring (bicyclic) bond motifs is 1. The van der Waals surface area contributed by atoms with Gasteiger partial charge in [0.1, 0.15) is 0 Å². The summed E-state index contributed by atoms with van der Waals surface area (Å²) in [6.45, 7) is 1.84. The van der Waals surface area contributed by atoms with Gasteiger partial charge in [-0.3, -0.25) is 9.48 Å². The van der Waals surface area contributed by atoms with Gasteiger partial charge in [0, 0.05) is 18.9 Å². The molecular formula is C8H9N3O. The normalized spacial score (nSPS) is 10.8. The average molecular weight is 163 g/mol. The number of hydrogen-bond donors (Lipinski definition) is 1. The first-order valence-corrected chi connectivity index (χ1v) is 3.70. The summed E-state index contributed by atoms with van der Waals surface area (Å²) in [4.78, 5) is 14.0. The van der Waals surface area contributed by atoms with Gasteiger partial charge in [-0.1, -0.05) is 0 Å². The van der Waals surface area contributed by atoms with Crippen LogP contribution < -0.4 is 5.56 Å². The van der Waals surface area contributed by atoms with E-state index in [1.165, 1.54) is 0 Å². The van der Waals surface area contributed by atoms with Gasteiger partial charge in [-0.15, -0.1) is 0 Å². The quantitative estimate of drug-likeness (QED) is 0.617. The topological polar surface area (TPSA) is 50.7 Å². The number of aromatic nitrogens is 3. The summed E-state index contributed by atoms with van der Waals surface area (Å²) in [5.41, 5.74) is 1.52. The maximum absolute atomic E-state index is 11.3. The van der Waals surface area contributed by atoms with Gasteiger partial charge >= 0.3 is 0 Å². The van der Waals surface area contributed by atoms with E-state index in [1.54, 1.807) is 17.9 Å². The monoisotopic (exact) mass is 163 g/mol. The number of pyridine rings is 1. The fraction of sp³-hybridized carbons (Fsp3) is 0.250. The Hall–Kier alpha value is -1.58. The van der Waals surface area contributed by atoms with E-state index in [2.05, 4.69) is 10.1 Å². The van der Waals surface area contributed by atoms with Crippen LogP contribution in [0.2, 0.25) is 0 Å². The Morgan fingerprint density at radius 3 is 3.08 bits per heavy atom. The second-order valence-electron chi connectivity index (χ2n) is 2.88. The minimum Gasteiger partial charge on any atom is -0.326 e. The summed E-state index contributed by atoms with van der Waals surface area (Å²) in [6.07, 6.45) is 1.72. The van der Waals surface area contributed by atoms with Crippen molar-refractivity contribution >= 4 is 10.9 Å². The van der Waals surface area contributed by atoms with Crippen molar-refractivity contribution in [3.63, 3.8) is 0 Å². The van der Waals surface area contributed by atoms with Gasteiger partial charge in [-0.05, 0) is 13.0 Å². The minimum atomic E-state index is -0.0712. The van der Waals surface area contributed by atoms with Crippen molar-refractivity contribution in [2.75, 3.05) is 0 Å². The molecule has 0 saturated heterocycles. The van der Waals surface area contributed by atoms with E-state index in [0.717, 1.165) is 11.2 Å². The molecule has 0 aliphatic rings. The van der Waals surface area contributed by atoms with E-state index in [0.29, 0.717) is 5.39 Å². The molecule has 0 fully saturated rings. The minimum absolute atomic E-state index is 0.0712. The van der Waals surface area contributed by atoms with Crippen molar-refractivity contribution in [2.24, 2.45) is 7.05 Å². The van der Waals surface area contributed by atoms with Crippen molar-refractivity contribution < 1.29 is 0 Å². The van der Waals surface area contributed by atoms with Gasteiger partial charge in [0.05, 0.1) is 10.9 Å². The van der Waals surface area contributed by atoms with E-state index in [4.69, 9.17) is 0 Å². The van der Waals surface area contributed by atoms with E-state index in [1.807, 2.05) is 13.0 Å². The Morgan fingerprint density at radius 2 is 2.33 bits per heavy atom. The van der Waals surface area contributed by atoms with Crippen LogP contribution in [-0.4, -0.2) is 14.8 Å². The number of hydrogen-bond acceptors (Lipinski definition) is 2. The van der Waals surface area contributed by atoms with Crippen LogP contribution in [0.5, 0.6) is 0 Å². The molecule has 0 aliphatic carbocycles. The number of nitrogens with one attached hydrogen (secondary N) is 1. The number of aromatic amines is 1. The molecule has 4 nitrogen and oxygen atoms in total. The second kappa shape index (κ2) is 2.20. The molecule has 0 amide bonds. The van der Waals surface area contributed by atoms with Crippen LogP contribution in [0.4, 0.5) is 0 Å². The molecule has 0 atom stereocenters. The SMILES string of the molecule is Cc1cc2nn(C)cc2c(=O)[nH]1. The molecule has 0 bridgehead atoms. The molecule has 12 heavy (non-hydrogen) atoms. The molecule has 1 N–H and O–H groups in total. The van der Waals surface area contributed by atoms with Crippen LogP contribution in [0.1, 0.15) is 5.69 Å². The first kappa shape index (κ1) is 7.09. The molecule has 2 aromatic heterocycles. The van der Waals surface area contributed by atoms with Crippen molar-refractivity contribution in [1.29, 1.82) is 0 Å². The van der Waals surface area contributed by atoms with Crippen LogP contribution in [0, 0.1) is 6.92 Å². The fourth-order valence-corrected chi connectivity index (χ4v) is 1.27. The summed E-state index contributed by atoms with van der Waals surface area (Å²) in [6, 6.07) is 1.86. The molecular weight excluding hydrogens is 154 g/mol. The molecule has 0 aromatic carbocycles. The third-order valence-corrected chi connectivity index (χ3v) is 1.77. The Morgan fingerprint density at radius 1 is 1.58 bits per heavy atom. The fourth-order valence-electron chi connectivity index (χ4n) is 1.27. The van der Waals surface area contributed by atoms with Crippen molar-refractivity contribution in [1.82, 2.24) is 14.8 Å². The lowest BCUT2D eigenvalue weighted by Gasteiger charge is -1.89. The smallest absolute Gasteiger partial charge is 0.259 e. The summed E-state index contributed by atoms with van der Waals surface area (Å²) < 4.78 is 1.64. The highest BCUT2D eigenvalue weighted by molar-refractivity contribution is 5.76. The predicted octanol–water partition coefficient (Wildman–Crippen LogP) is 0.570. The van der Waals surface area contributed by atoms with Gasteiger partial charge in [-0.25, -0.2) is 0 Å². The lowest BCUT2D eigenvalue weighted by Crippen LogP contribution is -2.05. The summed E-state index contributed by atoms with van der Waals surface area (Å²) in [5.74, 6) is 0. The van der Waals surface area contributed by atoms with Crippen LogP contribution in [0.25, 0.3) is 10.9 Å². The standard InChI is InChI=1S/C8H9N3O/c1-5-3-7-6(8(12)9-5)4-11(2)10-7/h3-4H,1-2H3,(H,9,12). The Kier molecular flexibility index (Phi) is 1.30. The molecule has 0 spiro atoms. The summed E-state index contributed by atoms with van der Waals surface area (Å²) in [7, 11) is 1.80. The largest absolute Gasteiger partial charge is 0.326 e. The third kappa shape index (κ3) is 0.922. The second-order valence-corrected chi connectivity index (χ2v) is 2.88.